The SMILES string of the molecule is Cc1cc(F)ccc1C1(O)CSCC(C)(C)C1. The lowest BCUT2D eigenvalue weighted by Crippen LogP contribution is -2.40. The molecule has 0 bridgehead atoms. The van der Waals surface area contributed by atoms with E-state index in [4.69, 9.17) is 0 Å². The molecule has 1 aliphatic rings. The second-order valence-corrected chi connectivity index (χ2v) is 6.81. The van der Waals surface area contributed by atoms with E-state index in [2.05, 4.69) is 13.8 Å². The Balaban J connectivity index is 2.37. The summed E-state index contributed by atoms with van der Waals surface area (Å²) in [5, 5.41) is 10.8. The van der Waals surface area contributed by atoms with Gasteiger partial charge in [-0.1, -0.05) is 19.9 Å². The van der Waals surface area contributed by atoms with Crippen molar-refractivity contribution in [2.24, 2.45) is 5.41 Å². The minimum Gasteiger partial charge on any atom is -0.384 e. The molecule has 0 radical (unpaired) electrons. The maximum atomic E-state index is 13.1. The van der Waals surface area contributed by atoms with Crippen LogP contribution < -0.4 is 0 Å². The average Bonchev–Trinajstić information content (AvgIpc) is 2.14. The van der Waals surface area contributed by atoms with Gasteiger partial charge in [0.2, 0.25) is 0 Å². The zero-order valence-electron chi connectivity index (χ0n) is 10.6. The molecule has 94 valence electrons. The van der Waals surface area contributed by atoms with Crippen molar-refractivity contribution in [1.29, 1.82) is 0 Å². The van der Waals surface area contributed by atoms with Crippen LogP contribution in [0.4, 0.5) is 4.39 Å². The van der Waals surface area contributed by atoms with Gasteiger partial charge in [-0.05, 0) is 47.8 Å². The molecule has 0 aromatic heterocycles. The normalized spacial score (nSPS) is 28.1. The first-order valence-corrected chi connectivity index (χ1v) is 7.05. The first-order valence-electron chi connectivity index (χ1n) is 5.89. The van der Waals surface area contributed by atoms with Crippen LogP contribution >= 0.6 is 11.8 Å². The van der Waals surface area contributed by atoms with Crippen LogP contribution in [0.1, 0.15) is 31.4 Å². The van der Waals surface area contributed by atoms with Crippen molar-refractivity contribution < 1.29 is 9.50 Å². The van der Waals surface area contributed by atoms with Crippen LogP contribution in [-0.2, 0) is 5.60 Å². The fraction of sp³-hybridized carbons (Fsp3) is 0.571. The summed E-state index contributed by atoms with van der Waals surface area (Å²) in [6.45, 7) is 6.20. The van der Waals surface area contributed by atoms with Crippen LogP contribution in [-0.4, -0.2) is 16.6 Å². The molecule has 3 heteroatoms. The van der Waals surface area contributed by atoms with E-state index in [0.29, 0.717) is 5.75 Å². The summed E-state index contributed by atoms with van der Waals surface area (Å²) in [4.78, 5) is 0. The first kappa shape index (κ1) is 12.9. The summed E-state index contributed by atoms with van der Waals surface area (Å²) >= 11 is 1.77. The molecule has 0 amide bonds. The van der Waals surface area contributed by atoms with Gasteiger partial charge in [0.05, 0.1) is 5.60 Å². The van der Waals surface area contributed by atoms with E-state index in [1.165, 1.54) is 12.1 Å². The molecule has 0 spiro atoms. The monoisotopic (exact) mass is 254 g/mol. The number of hydrogen-bond donors (Lipinski definition) is 1. The molecule has 1 nitrogen and oxygen atoms in total. The third-order valence-corrected chi connectivity index (χ3v) is 4.96. The largest absolute Gasteiger partial charge is 0.384 e. The van der Waals surface area contributed by atoms with Gasteiger partial charge in [-0.25, -0.2) is 4.39 Å². The highest BCUT2D eigenvalue weighted by molar-refractivity contribution is 7.99. The summed E-state index contributed by atoms with van der Waals surface area (Å²) in [6.07, 6.45) is 0.736. The summed E-state index contributed by atoms with van der Waals surface area (Å²) in [5.41, 5.74) is 1.02. The molecular weight excluding hydrogens is 235 g/mol. The highest BCUT2D eigenvalue weighted by Crippen LogP contribution is 2.45. The Kier molecular flexibility index (Phi) is 3.25. The molecule has 17 heavy (non-hydrogen) atoms. The van der Waals surface area contributed by atoms with Gasteiger partial charge in [0.1, 0.15) is 5.82 Å². The van der Waals surface area contributed by atoms with Crippen LogP contribution in [0.2, 0.25) is 0 Å². The smallest absolute Gasteiger partial charge is 0.123 e. The number of hydrogen-bond acceptors (Lipinski definition) is 2. The van der Waals surface area contributed by atoms with Crippen LogP contribution in [0.15, 0.2) is 18.2 Å². The number of aliphatic hydroxyl groups is 1. The molecule has 1 N–H and O–H groups in total. The standard InChI is InChI=1S/C14H19FOS/c1-10-6-11(15)4-5-12(10)14(16)7-13(2,3)8-17-9-14/h4-6,16H,7-9H2,1-3H3. The predicted octanol–water partition coefficient (Wildman–Crippen LogP) is 3.48. The first-order chi connectivity index (χ1) is 7.82. The molecule has 0 saturated carbocycles. The predicted molar refractivity (Wildman–Crippen MR) is 70.8 cm³/mol. The molecule has 0 aliphatic carbocycles. The van der Waals surface area contributed by atoms with Gasteiger partial charge < -0.3 is 5.11 Å². The lowest BCUT2D eigenvalue weighted by Gasteiger charge is -2.42. The third kappa shape index (κ3) is 2.66. The van der Waals surface area contributed by atoms with Crippen molar-refractivity contribution in [2.45, 2.75) is 32.8 Å². The van der Waals surface area contributed by atoms with E-state index >= 15 is 0 Å². The highest BCUT2D eigenvalue weighted by atomic mass is 32.2. The van der Waals surface area contributed by atoms with Crippen LogP contribution in [0, 0.1) is 18.2 Å². The van der Waals surface area contributed by atoms with E-state index in [1.54, 1.807) is 17.8 Å². The number of rotatable bonds is 1. The van der Waals surface area contributed by atoms with Crippen molar-refractivity contribution in [3.63, 3.8) is 0 Å². The Labute approximate surface area is 106 Å². The molecule has 1 unspecified atom stereocenters. The fourth-order valence-electron chi connectivity index (χ4n) is 2.71. The Morgan fingerprint density at radius 3 is 2.59 bits per heavy atom. The molecule has 1 aliphatic heterocycles. The summed E-state index contributed by atoms with van der Waals surface area (Å²) < 4.78 is 13.1. The van der Waals surface area contributed by atoms with E-state index in [0.717, 1.165) is 23.3 Å². The van der Waals surface area contributed by atoms with Crippen molar-refractivity contribution in [3.05, 3.63) is 35.1 Å². The van der Waals surface area contributed by atoms with Gasteiger partial charge in [0.15, 0.2) is 0 Å². The second-order valence-electron chi connectivity index (χ2n) is 5.82. The van der Waals surface area contributed by atoms with Crippen molar-refractivity contribution in [1.82, 2.24) is 0 Å². The molecular formula is C14H19FOS. The molecule has 1 saturated heterocycles. The molecule has 1 fully saturated rings. The van der Waals surface area contributed by atoms with Gasteiger partial charge in [-0.15, -0.1) is 0 Å². The fourth-order valence-corrected chi connectivity index (χ4v) is 4.06. The molecule has 2 rings (SSSR count). The number of thioether (sulfide) groups is 1. The summed E-state index contributed by atoms with van der Waals surface area (Å²) in [5.74, 6) is 1.52. The van der Waals surface area contributed by atoms with E-state index in [-0.39, 0.29) is 11.2 Å². The topological polar surface area (TPSA) is 20.2 Å². The molecule has 1 heterocycles. The van der Waals surface area contributed by atoms with Crippen molar-refractivity contribution >= 4 is 11.8 Å². The van der Waals surface area contributed by atoms with Gasteiger partial charge >= 0.3 is 0 Å². The lowest BCUT2D eigenvalue weighted by molar-refractivity contribution is 0.0150. The van der Waals surface area contributed by atoms with Crippen molar-refractivity contribution in [3.8, 4) is 0 Å². The number of aryl methyl sites for hydroxylation is 1. The van der Waals surface area contributed by atoms with Crippen LogP contribution in [0.5, 0.6) is 0 Å². The lowest BCUT2D eigenvalue weighted by atomic mass is 9.77. The van der Waals surface area contributed by atoms with E-state index < -0.39 is 5.60 Å². The second kappa shape index (κ2) is 4.29. The van der Waals surface area contributed by atoms with Gasteiger partial charge in [-0.2, -0.15) is 11.8 Å². The minimum atomic E-state index is -0.815. The summed E-state index contributed by atoms with van der Waals surface area (Å²) in [7, 11) is 0. The molecule has 1 atom stereocenters. The van der Waals surface area contributed by atoms with Gasteiger partial charge in [0.25, 0.3) is 0 Å². The maximum absolute atomic E-state index is 13.1. The van der Waals surface area contributed by atoms with Crippen LogP contribution in [0.25, 0.3) is 0 Å². The zero-order chi connectivity index (χ0) is 12.7. The summed E-state index contributed by atoms with van der Waals surface area (Å²) in [6, 6.07) is 4.67. The number of halogens is 1. The van der Waals surface area contributed by atoms with Crippen molar-refractivity contribution in [2.75, 3.05) is 11.5 Å². The Morgan fingerprint density at radius 2 is 2.00 bits per heavy atom. The molecule has 1 aromatic carbocycles. The zero-order valence-corrected chi connectivity index (χ0v) is 11.4. The van der Waals surface area contributed by atoms with Gasteiger partial charge in [-0.3, -0.25) is 0 Å². The van der Waals surface area contributed by atoms with Crippen LogP contribution in [0.3, 0.4) is 0 Å². The third-order valence-electron chi connectivity index (χ3n) is 3.29. The van der Waals surface area contributed by atoms with Gasteiger partial charge in [0, 0.05) is 5.75 Å². The molecule has 1 aromatic rings. The highest BCUT2D eigenvalue weighted by Gasteiger charge is 2.40. The maximum Gasteiger partial charge on any atom is 0.123 e. The quantitative estimate of drug-likeness (QED) is 0.828. The Morgan fingerprint density at radius 1 is 1.29 bits per heavy atom. The minimum absolute atomic E-state index is 0.124. The van der Waals surface area contributed by atoms with E-state index in [1.807, 2.05) is 6.92 Å². The Hall–Kier alpha value is -0.540. The van der Waals surface area contributed by atoms with E-state index in [9.17, 15) is 9.50 Å². The number of benzene rings is 1. The Bertz CT molecular complexity index is 430. The average molecular weight is 254 g/mol.